The van der Waals surface area contributed by atoms with E-state index in [0.29, 0.717) is 28.9 Å². The highest BCUT2D eigenvalue weighted by Gasteiger charge is 2.26. The average molecular weight is 311 g/mol. The molecule has 1 aromatic carbocycles. The number of hydrogen-bond donors (Lipinski definition) is 1. The highest BCUT2D eigenvalue weighted by atomic mass is 35.5. The minimum atomic E-state index is -0.0296. The average Bonchev–Trinajstić information content (AvgIpc) is 2.96. The number of nitrogens with one attached hydrogen (secondary N) is 1. The zero-order chi connectivity index (χ0) is 15.4. The van der Waals surface area contributed by atoms with Crippen LogP contribution in [0.2, 0.25) is 5.02 Å². The number of benzene rings is 1. The normalized spacial score (nSPS) is 18.0. The number of carbonyl (C=O) groups excluding carboxylic acids is 1. The summed E-state index contributed by atoms with van der Waals surface area (Å²) in [4.78, 5) is 14.8. The number of ether oxygens (including phenoxy) is 1. The van der Waals surface area contributed by atoms with Crippen molar-refractivity contribution in [3.63, 3.8) is 0 Å². The first-order valence-corrected chi connectivity index (χ1v) is 7.78. The third-order valence-corrected chi connectivity index (χ3v) is 4.09. The summed E-state index contributed by atoms with van der Waals surface area (Å²) in [5, 5.41) is 3.98. The summed E-state index contributed by atoms with van der Waals surface area (Å²) >= 11 is 6.03. The lowest BCUT2D eigenvalue weighted by Gasteiger charge is -2.30. The van der Waals surface area contributed by atoms with Crippen LogP contribution >= 0.6 is 11.6 Å². The molecular weight excluding hydrogens is 288 g/mol. The van der Waals surface area contributed by atoms with E-state index in [1.165, 1.54) is 6.42 Å². The molecule has 21 heavy (non-hydrogen) atoms. The maximum atomic E-state index is 12.9. The van der Waals surface area contributed by atoms with Crippen LogP contribution in [0.4, 0.5) is 0 Å². The second-order valence-corrected chi connectivity index (χ2v) is 6.13. The molecule has 1 N–H and O–H groups in total. The van der Waals surface area contributed by atoms with E-state index in [0.717, 1.165) is 13.0 Å². The van der Waals surface area contributed by atoms with Gasteiger partial charge in [-0.15, -0.1) is 0 Å². The number of nitrogens with zero attached hydrogens (tertiary/aromatic N) is 1. The minimum absolute atomic E-state index is 0.0296. The van der Waals surface area contributed by atoms with E-state index in [4.69, 9.17) is 16.3 Å². The number of methoxy groups -OCH3 is 1. The van der Waals surface area contributed by atoms with E-state index in [1.54, 1.807) is 25.3 Å². The third-order valence-electron chi connectivity index (χ3n) is 3.86. The first-order chi connectivity index (χ1) is 10.0. The minimum Gasteiger partial charge on any atom is -0.496 e. The zero-order valence-corrected chi connectivity index (χ0v) is 13.6. The van der Waals surface area contributed by atoms with Crippen molar-refractivity contribution in [2.24, 2.45) is 0 Å². The molecule has 116 valence electrons. The molecule has 1 aliphatic rings. The number of halogens is 1. The Bertz CT molecular complexity index is 499. The molecule has 1 aliphatic heterocycles. The molecule has 1 heterocycles. The maximum absolute atomic E-state index is 12.9. The van der Waals surface area contributed by atoms with Crippen molar-refractivity contribution in [3.05, 3.63) is 28.8 Å². The lowest BCUT2D eigenvalue weighted by molar-refractivity contribution is 0.0685. The van der Waals surface area contributed by atoms with E-state index in [9.17, 15) is 4.79 Å². The Kier molecular flexibility index (Phi) is 5.48. The molecule has 1 amide bonds. The lowest BCUT2D eigenvalue weighted by atomic mass is 10.1. The predicted molar refractivity (Wildman–Crippen MR) is 85.2 cm³/mol. The van der Waals surface area contributed by atoms with Gasteiger partial charge < -0.3 is 15.0 Å². The van der Waals surface area contributed by atoms with Gasteiger partial charge in [0.15, 0.2) is 0 Å². The molecular formula is C16H23ClN2O2. The van der Waals surface area contributed by atoms with Crippen molar-refractivity contribution in [3.8, 4) is 5.75 Å². The summed E-state index contributed by atoms with van der Waals surface area (Å²) in [6, 6.07) is 5.66. The van der Waals surface area contributed by atoms with Crippen LogP contribution in [0.15, 0.2) is 18.2 Å². The maximum Gasteiger partial charge on any atom is 0.257 e. The van der Waals surface area contributed by atoms with Gasteiger partial charge in [-0.05, 0) is 51.4 Å². The Labute approximate surface area is 131 Å². The predicted octanol–water partition coefficient (Wildman–Crippen LogP) is 2.95. The first kappa shape index (κ1) is 16.1. The molecule has 1 fully saturated rings. The first-order valence-electron chi connectivity index (χ1n) is 7.40. The fourth-order valence-corrected chi connectivity index (χ4v) is 2.85. The summed E-state index contributed by atoms with van der Waals surface area (Å²) in [6.07, 6.45) is 2.29. The van der Waals surface area contributed by atoms with Crippen LogP contribution in [0.3, 0.4) is 0 Å². The Morgan fingerprint density at radius 1 is 1.52 bits per heavy atom. The molecule has 1 unspecified atom stereocenters. The summed E-state index contributed by atoms with van der Waals surface area (Å²) in [7, 11) is 1.57. The number of amides is 1. The van der Waals surface area contributed by atoms with E-state index in [2.05, 4.69) is 5.32 Å². The Morgan fingerprint density at radius 3 is 2.86 bits per heavy atom. The van der Waals surface area contributed by atoms with Crippen LogP contribution in [-0.2, 0) is 0 Å². The second-order valence-electron chi connectivity index (χ2n) is 5.69. The molecule has 0 radical (unpaired) electrons. The Balaban J connectivity index is 2.23. The van der Waals surface area contributed by atoms with Crippen molar-refractivity contribution in [1.82, 2.24) is 10.2 Å². The molecule has 1 aromatic rings. The van der Waals surface area contributed by atoms with E-state index < -0.39 is 0 Å². The fourth-order valence-electron chi connectivity index (χ4n) is 2.68. The Morgan fingerprint density at radius 2 is 2.29 bits per heavy atom. The summed E-state index contributed by atoms with van der Waals surface area (Å²) in [5.74, 6) is 0.535. The summed E-state index contributed by atoms with van der Waals surface area (Å²) < 4.78 is 5.30. The largest absolute Gasteiger partial charge is 0.496 e. The third kappa shape index (κ3) is 3.89. The highest BCUT2D eigenvalue weighted by Crippen LogP contribution is 2.25. The topological polar surface area (TPSA) is 41.6 Å². The summed E-state index contributed by atoms with van der Waals surface area (Å²) in [5.41, 5.74) is 0.525. The highest BCUT2D eigenvalue weighted by molar-refractivity contribution is 6.31. The number of hydrogen-bond acceptors (Lipinski definition) is 3. The monoisotopic (exact) mass is 310 g/mol. The lowest BCUT2D eigenvalue weighted by Crippen LogP contribution is -2.44. The van der Waals surface area contributed by atoms with Gasteiger partial charge in [0.2, 0.25) is 0 Å². The quantitative estimate of drug-likeness (QED) is 0.909. The van der Waals surface area contributed by atoms with E-state index >= 15 is 0 Å². The van der Waals surface area contributed by atoms with Crippen LogP contribution in [0, 0.1) is 0 Å². The van der Waals surface area contributed by atoms with Crippen molar-refractivity contribution in [2.45, 2.75) is 38.8 Å². The smallest absolute Gasteiger partial charge is 0.257 e. The van der Waals surface area contributed by atoms with Gasteiger partial charge in [-0.25, -0.2) is 0 Å². The molecule has 0 saturated carbocycles. The van der Waals surface area contributed by atoms with E-state index in [1.807, 2.05) is 18.7 Å². The van der Waals surface area contributed by atoms with Gasteiger partial charge in [0, 0.05) is 23.7 Å². The number of carbonyl (C=O) groups is 1. The molecule has 1 atom stereocenters. The molecule has 0 aliphatic carbocycles. The van der Waals surface area contributed by atoms with Crippen molar-refractivity contribution in [2.75, 3.05) is 20.2 Å². The standard InChI is InChI=1S/C16H23ClN2O2/c1-11(2)19(10-13-5-4-8-18-13)16(20)14-9-12(17)6-7-15(14)21-3/h6-7,9,11,13,18H,4-5,8,10H2,1-3H3. The molecule has 0 spiro atoms. The fraction of sp³-hybridized carbons (Fsp3) is 0.562. The van der Waals surface area contributed by atoms with Crippen LogP contribution in [-0.4, -0.2) is 43.1 Å². The second kappa shape index (κ2) is 7.14. The molecule has 4 nitrogen and oxygen atoms in total. The Hall–Kier alpha value is -1.26. The van der Waals surface area contributed by atoms with Gasteiger partial charge in [-0.2, -0.15) is 0 Å². The van der Waals surface area contributed by atoms with Gasteiger partial charge in [-0.1, -0.05) is 11.6 Å². The SMILES string of the molecule is COc1ccc(Cl)cc1C(=O)N(CC1CCCN1)C(C)C. The zero-order valence-electron chi connectivity index (χ0n) is 12.9. The van der Waals surface area contributed by atoms with Crippen LogP contribution in [0.25, 0.3) is 0 Å². The molecule has 2 rings (SSSR count). The molecule has 0 bridgehead atoms. The molecule has 0 aromatic heterocycles. The van der Waals surface area contributed by atoms with Crippen molar-refractivity contribution in [1.29, 1.82) is 0 Å². The van der Waals surface area contributed by atoms with Gasteiger partial charge in [0.05, 0.1) is 12.7 Å². The van der Waals surface area contributed by atoms with Crippen LogP contribution in [0.1, 0.15) is 37.0 Å². The molecule has 1 saturated heterocycles. The van der Waals surface area contributed by atoms with Gasteiger partial charge in [0.25, 0.3) is 5.91 Å². The van der Waals surface area contributed by atoms with Crippen LogP contribution < -0.4 is 10.1 Å². The van der Waals surface area contributed by atoms with Gasteiger partial charge in [-0.3, -0.25) is 4.79 Å². The summed E-state index contributed by atoms with van der Waals surface area (Å²) in [6.45, 7) is 5.81. The van der Waals surface area contributed by atoms with E-state index in [-0.39, 0.29) is 11.9 Å². The van der Waals surface area contributed by atoms with Crippen molar-refractivity contribution < 1.29 is 9.53 Å². The molecule has 5 heteroatoms. The van der Waals surface area contributed by atoms with Gasteiger partial charge >= 0.3 is 0 Å². The van der Waals surface area contributed by atoms with Crippen molar-refractivity contribution >= 4 is 17.5 Å². The van der Waals surface area contributed by atoms with Crippen LogP contribution in [0.5, 0.6) is 5.75 Å². The van der Waals surface area contributed by atoms with Gasteiger partial charge in [0.1, 0.15) is 5.75 Å². The number of rotatable bonds is 5.